The number of nitrogens with one attached hydrogen (secondary N) is 2. The molecule has 0 saturated heterocycles. The van der Waals surface area contributed by atoms with Crippen LogP contribution in [-0.2, 0) is 0 Å². The van der Waals surface area contributed by atoms with Gasteiger partial charge in [-0.15, -0.1) is 0 Å². The summed E-state index contributed by atoms with van der Waals surface area (Å²) < 4.78 is 15.7. The lowest BCUT2D eigenvalue weighted by atomic mass is 10.1. The van der Waals surface area contributed by atoms with Crippen LogP contribution in [0.3, 0.4) is 0 Å². The van der Waals surface area contributed by atoms with E-state index in [9.17, 15) is 4.79 Å². The molecule has 2 aromatic rings. The van der Waals surface area contributed by atoms with E-state index in [2.05, 4.69) is 10.9 Å². The summed E-state index contributed by atoms with van der Waals surface area (Å²) in [6.45, 7) is 0. The van der Waals surface area contributed by atoms with E-state index in [0.717, 1.165) is 0 Å². The molecule has 0 fully saturated rings. The highest BCUT2D eigenvalue weighted by atomic mass is 35.5. The Balaban J connectivity index is 2.27. The fourth-order valence-corrected chi connectivity index (χ4v) is 3.04. The maximum Gasteiger partial charge on any atom is 0.273 e. The Hall–Kier alpha value is -2.02. The molecule has 0 radical (unpaired) electrons. The van der Waals surface area contributed by atoms with Crippen LogP contribution in [0.5, 0.6) is 17.2 Å². The predicted octanol–water partition coefficient (Wildman–Crippen LogP) is 4.43. The molecule has 0 heterocycles. The number of carbonyl (C=O) groups excluding carboxylic acids is 1. The molecule has 0 saturated carbocycles. The van der Waals surface area contributed by atoms with Gasteiger partial charge in [0.15, 0.2) is 11.5 Å². The quantitative estimate of drug-likeness (QED) is 0.696. The lowest BCUT2D eigenvalue weighted by molar-refractivity contribution is 0.0959. The molecule has 134 valence electrons. The number of halogens is 3. The van der Waals surface area contributed by atoms with Crippen LogP contribution in [-0.4, -0.2) is 27.2 Å². The minimum absolute atomic E-state index is 0.230. The fraction of sp³-hybridized carbons (Fsp3) is 0.188. The van der Waals surface area contributed by atoms with Crippen LogP contribution in [0, 0.1) is 0 Å². The van der Waals surface area contributed by atoms with Gasteiger partial charge in [-0.05, 0) is 24.3 Å². The van der Waals surface area contributed by atoms with Crippen LogP contribution in [0.4, 0.5) is 5.69 Å². The normalized spacial score (nSPS) is 10.2. The summed E-state index contributed by atoms with van der Waals surface area (Å²) in [7, 11) is 4.37. The first-order chi connectivity index (χ1) is 11.9. The molecule has 0 aliphatic heterocycles. The summed E-state index contributed by atoms with van der Waals surface area (Å²) in [5, 5.41) is 0.905. The molecule has 1 amide bonds. The highest BCUT2D eigenvalue weighted by Crippen LogP contribution is 2.39. The van der Waals surface area contributed by atoms with Crippen molar-refractivity contribution < 1.29 is 19.0 Å². The van der Waals surface area contributed by atoms with Crippen molar-refractivity contribution in [1.29, 1.82) is 0 Å². The molecule has 6 nitrogen and oxygen atoms in total. The average molecular weight is 406 g/mol. The number of ether oxygens (including phenoxy) is 3. The number of amides is 1. The Kier molecular flexibility index (Phi) is 6.47. The molecule has 0 unspecified atom stereocenters. The minimum Gasteiger partial charge on any atom is -0.493 e. The number of rotatable bonds is 6. The van der Waals surface area contributed by atoms with Crippen molar-refractivity contribution in [2.75, 3.05) is 26.8 Å². The number of hydrazine groups is 1. The Labute approximate surface area is 159 Å². The zero-order valence-corrected chi connectivity index (χ0v) is 15.8. The van der Waals surface area contributed by atoms with Gasteiger partial charge in [0.25, 0.3) is 5.91 Å². The van der Waals surface area contributed by atoms with Gasteiger partial charge in [-0.2, -0.15) is 0 Å². The smallest absolute Gasteiger partial charge is 0.273 e. The van der Waals surface area contributed by atoms with Crippen molar-refractivity contribution in [3.05, 3.63) is 44.9 Å². The molecule has 0 aliphatic rings. The summed E-state index contributed by atoms with van der Waals surface area (Å²) in [5.41, 5.74) is 5.73. The highest BCUT2D eigenvalue weighted by molar-refractivity contribution is 6.41. The molecule has 25 heavy (non-hydrogen) atoms. The van der Waals surface area contributed by atoms with Crippen LogP contribution in [0.2, 0.25) is 15.1 Å². The second-order valence-corrected chi connectivity index (χ2v) is 5.96. The van der Waals surface area contributed by atoms with Crippen LogP contribution < -0.4 is 25.1 Å². The Bertz CT molecular complexity index is 776. The van der Waals surface area contributed by atoms with Crippen molar-refractivity contribution in [1.82, 2.24) is 5.43 Å². The van der Waals surface area contributed by atoms with E-state index in [-0.39, 0.29) is 21.4 Å². The van der Waals surface area contributed by atoms with Gasteiger partial charge >= 0.3 is 0 Å². The average Bonchev–Trinajstić information content (AvgIpc) is 2.58. The third-order valence-electron chi connectivity index (χ3n) is 3.26. The van der Waals surface area contributed by atoms with E-state index in [1.165, 1.54) is 33.5 Å². The summed E-state index contributed by atoms with van der Waals surface area (Å²) in [6, 6.07) is 6.14. The molecule has 0 aromatic heterocycles. The van der Waals surface area contributed by atoms with Crippen LogP contribution in [0.1, 0.15) is 10.4 Å². The number of anilines is 1. The number of hydrogen-bond acceptors (Lipinski definition) is 5. The largest absolute Gasteiger partial charge is 0.493 e. The summed E-state index contributed by atoms with van der Waals surface area (Å²) in [5.74, 6) is 0.488. The molecule has 9 heteroatoms. The second kappa shape index (κ2) is 8.38. The lowest BCUT2D eigenvalue weighted by Crippen LogP contribution is -2.30. The van der Waals surface area contributed by atoms with Crippen molar-refractivity contribution in [3.63, 3.8) is 0 Å². The minimum atomic E-state index is -0.486. The van der Waals surface area contributed by atoms with E-state index in [1.807, 2.05) is 0 Å². The summed E-state index contributed by atoms with van der Waals surface area (Å²) in [4.78, 5) is 12.5. The molecule has 2 N–H and O–H groups in total. The predicted molar refractivity (Wildman–Crippen MR) is 98.7 cm³/mol. The first kappa shape index (κ1) is 19.3. The fourth-order valence-electron chi connectivity index (χ4n) is 2.13. The van der Waals surface area contributed by atoms with Crippen molar-refractivity contribution in [3.8, 4) is 17.2 Å². The van der Waals surface area contributed by atoms with Gasteiger partial charge in [-0.3, -0.25) is 15.6 Å². The van der Waals surface area contributed by atoms with Gasteiger partial charge < -0.3 is 14.2 Å². The van der Waals surface area contributed by atoms with Crippen LogP contribution >= 0.6 is 34.8 Å². The zero-order chi connectivity index (χ0) is 18.6. The Morgan fingerprint density at radius 1 is 0.920 bits per heavy atom. The van der Waals surface area contributed by atoms with Gasteiger partial charge in [0.05, 0.1) is 42.6 Å². The lowest BCUT2D eigenvalue weighted by Gasteiger charge is -2.16. The van der Waals surface area contributed by atoms with Gasteiger partial charge in [0.1, 0.15) is 0 Å². The summed E-state index contributed by atoms with van der Waals surface area (Å²) >= 11 is 18.0. The van der Waals surface area contributed by atoms with Crippen molar-refractivity contribution in [2.45, 2.75) is 0 Å². The third kappa shape index (κ3) is 4.15. The van der Waals surface area contributed by atoms with Crippen LogP contribution in [0.15, 0.2) is 24.3 Å². The van der Waals surface area contributed by atoms with E-state index in [0.29, 0.717) is 22.2 Å². The van der Waals surface area contributed by atoms with Gasteiger partial charge in [0, 0.05) is 5.02 Å². The maximum absolute atomic E-state index is 12.5. The van der Waals surface area contributed by atoms with Gasteiger partial charge in [-0.25, -0.2) is 0 Å². The monoisotopic (exact) mass is 404 g/mol. The van der Waals surface area contributed by atoms with Crippen molar-refractivity contribution in [2.24, 2.45) is 0 Å². The van der Waals surface area contributed by atoms with Crippen molar-refractivity contribution >= 4 is 46.4 Å². The van der Waals surface area contributed by atoms with E-state index < -0.39 is 5.91 Å². The first-order valence-corrected chi connectivity index (χ1v) is 8.06. The first-order valence-electron chi connectivity index (χ1n) is 6.92. The zero-order valence-electron chi connectivity index (χ0n) is 13.6. The number of benzene rings is 2. The SMILES string of the molecule is COc1ccc(C(=O)NNc2c(Cl)cc(Cl)cc2Cl)c(OC)c1OC. The summed E-state index contributed by atoms with van der Waals surface area (Å²) in [6.07, 6.45) is 0. The Morgan fingerprint density at radius 3 is 2.04 bits per heavy atom. The number of methoxy groups -OCH3 is 3. The molecule has 0 atom stereocenters. The maximum atomic E-state index is 12.5. The molecule has 2 aromatic carbocycles. The highest BCUT2D eigenvalue weighted by Gasteiger charge is 2.21. The molecule has 0 spiro atoms. The standard InChI is InChI=1S/C16H15Cl3N2O4/c1-23-12-5-4-9(14(24-2)15(12)25-3)16(22)21-20-13-10(18)6-8(17)7-11(13)19/h4-7,20H,1-3H3,(H,21,22). The number of carbonyl (C=O) groups is 1. The van der Waals surface area contributed by atoms with Crippen LogP contribution in [0.25, 0.3) is 0 Å². The second-order valence-electron chi connectivity index (χ2n) is 4.71. The molecule has 0 aliphatic carbocycles. The molecule has 0 bridgehead atoms. The van der Waals surface area contributed by atoms with Gasteiger partial charge in [-0.1, -0.05) is 34.8 Å². The molecular formula is C16H15Cl3N2O4. The number of hydrogen-bond donors (Lipinski definition) is 2. The van der Waals surface area contributed by atoms with E-state index >= 15 is 0 Å². The molecular weight excluding hydrogens is 391 g/mol. The third-order valence-corrected chi connectivity index (χ3v) is 4.07. The van der Waals surface area contributed by atoms with E-state index in [1.54, 1.807) is 12.1 Å². The Morgan fingerprint density at radius 2 is 1.52 bits per heavy atom. The van der Waals surface area contributed by atoms with E-state index in [4.69, 9.17) is 49.0 Å². The van der Waals surface area contributed by atoms with Gasteiger partial charge in [0.2, 0.25) is 5.75 Å². The topological polar surface area (TPSA) is 68.8 Å². The molecule has 2 rings (SSSR count).